The molecule has 2 aromatic carbocycles. The van der Waals surface area contributed by atoms with Crippen LogP contribution in [0.1, 0.15) is 10.4 Å². The number of carboxylic acids is 1. The number of methoxy groups -OCH3 is 1. The zero-order chi connectivity index (χ0) is 14.7. The van der Waals surface area contributed by atoms with Crippen molar-refractivity contribution in [3.63, 3.8) is 0 Å². The third-order valence-electron chi connectivity index (χ3n) is 2.99. The van der Waals surface area contributed by atoms with E-state index in [1.807, 2.05) is 42.3 Å². The second kappa shape index (κ2) is 5.96. The molecule has 0 atom stereocenters. The lowest BCUT2D eigenvalue weighted by Crippen LogP contribution is -2.14. The molecule has 0 fully saturated rings. The fourth-order valence-corrected chi connectivity index (χ4v) is 2.29. The summed E-state index contributed by atoms with van der Waals surface area (Å²) in [4.78, 5) is 13.2. The Morgan fingerprint density at radius 3 is 2.65 bits per heavy atom. The van der Waals surface area contributed by atoms with Crippen molar-refractivity contribution >= 4 is 33.3 Å². The number of nitrogens with zero attached hydrogens (tertiary/aromatic N) is 1. The van der Waals surface area contributed by atoms with Crippen molar-refractivity contribution in [1.82, 2.24) is 0 Å². The van der Waals surface area contributed by atoms with Crippen LogP contribution in [0.15, 0.2) is 46.9 Å². The van der Waals surface area contributed by atoms with Gasteiger partial charge in [-0.3, -0.25) is 0 Å². The Balaban J connectivity index is 2.47. The SMILES string of the molecule is COc1cccc(N(C)c2ccc(Br)cc2C(=O)O)c1. The topological polar surface area (TPSA) is 49.8 Å². The Labute approximate surface area is 125 Å². The molecule has 0 aromatic heterocycles. The number of rotatable bonds is 4. The Morgan fingerprint density at radius 1 is 1.25 bits per heavy atom. The van der Waals surface area contributed by atoms with Gasteiger partial charge >= 0.3 is 5.97 Å². The normalized spacial score (nSPS) is 10.2. The van der Waals surface area contributed by atoms with Gasteiger partial charge in [-0.25, -0.2) is 4.79 Å². The average Bonchev–Trinajstić information content (AvgIpc) is 2.46. The van der Waals surface area contributed by atoms with Crippen molar-refractivity contribution in [3.8, 4) is 5.75 Å². The van der Waals surface area contributed by atoms with Gasteiger partial charge in [0.2, 0.25) is 0 Å². The lowest BCUT2D eigenvalue weighted by molar-refractivity contribution is 0.0697. The van der Waals surface area contributed by atoms with E-state index in [9.17, 15) is 9.90 Å². The maximum atomic E-state index is 11.4. The van der Waals surface area contributed by atoms with Crippen LogP contribution >= 0.6 is 15.9 Å². The van der Waals surface area contributed by atoms with Crippen LogP contribution in [0.25, 0.3) is 0 Å². The van der Waals surface area contributed by atoms with Crippen molar-refractivity contribution in [2.24, 2.45) is 0 Å². The number of hydrogen-bond acceptors (Lipinski definition) is 3. The van der Waals surface area contributed by atoms with Gasteiger partial charge in [0.05, 0.1) is 18.4 Å². The molecule has 0 aliphatic rings. The molecular formula is C15H14BrNO3. The number of anilines is 2. The van der Waals surface area contributed by atoms with Gasteiger partial charge in [0.1, 0.15) is 5.75 Å². The minimum Gasteiger partial charge on any atom is -0.497 e. The van der Waals surface area contributed by atoms with E-state index in [2.05, 4.69) is 15.9 Å². The first-order valence-electron chi connectivity index (χ1n) is 5.93. The first-order chi connectivity index (χ1) is 9.52. The molecule has 0 bridgehead atoms. The van der Waals surface area contributed by atoms with Gasteiger partial charge in [0, 0.05) is 23.3 Å². The standard InChI is InChI=1S/C15H14BrNO3/c1-17(11-4-3-5-12(9-11)20-2)14-7-6-10(16)8-13(14)15(18)19/h3-9H,1-2H3,(H,18,19). The number of aromatic carboxylic acids is 1. The molecule has 104 valence electrons. The van der Waals surface area contributed by atoms with E-state index in [1.54, 1.807) is 19.2 Å². The summed E-state index contributed by atoms with van der Waals surface area (Å²) in [6.07, 6.45) is 0. The summed E-state index contributed by atoms with van der Waals surface area (Å²) in [7, 11) is 3.42. The molecule has 0 radical (unpaired) electrons. The Morgan fingerprint density at radius 2 is 2.00 bits per heavy atom. The molecule has 1 N–H and O–H groups in total. The lowest BCUT2D eigenvalue weighted by atomic mass is 10.1. The van der Waals surface area contributed by atoms with Gasteiger partial charge in [-0.1, -0.05) is 22.0 Å². The molecule has 4 nitrogen and oxygen atoms in total. The van der Waals surface area contributed by atoms with E-state index in [4.69, 9.17) is 4.74 Å². The van der Waals surface area contributed by atoms with Crippen LogP contribution in [-0.4, -0.2) is 25.2 Å². The predicted molar refractivity (Wildman–Crippen MR) is 82.2 cm³/mol. The molecule has 2 rings (SSSR count). The first-order valence-corrected chi connectivity index (χ1v) is 6.73. The highest BCUT2D eigenvalue weighted by Crippen LogP contribution is 2.31. The summed E-state index contributed by atoms with van der Waals surface area (Å²) in [6, 6.07) is 12.6. The van der Waals surface area contributed by atoms with Crippen molar-refractivity contribution in [3.05, 3.63) is 52.5 Å². The number of halogens is 1. The highest BCUT2D eigenvalue weighted by atomic mass is 79.9. The van der Waals surface area contributed by atoms with Crippen molar-refractivity contribution in [2.45, 2.75) is 0 Å². The van der Waals surface area contributed by atoms with Crippen molar-refractivity contribution in [2.75, 3.05) is 19.1 Å². The van der Waals surface area contributed by atoms with Crippen LogP contribution in [0, 0.1) is 0 Å². The third-order valence-corrected chi connectivity index (χ3v) is 3.48. The van der Waals surface area contributed by atoms with Crippen LogP contribution in [0.4, 0.5) is 11.4 Å². The molecule has 5 heteroatoms. The monoisotopic (exact) mass is 335 g/mol. The van der Waals surface area contributed by atoms with Crippen LogP contribution in [0.3, 0.4) is 0 Å². The van der Waals surface area contributed by atoms with E-state index in [0.29, 0.717) is 5.69 Å². The summed E-state index contributed by atoms with van der Waals surface area (Å²) in [5.74, 6) is -0.237. The highest BCUT2D eigenvalue weighted by molar-refractivity contribution is 9.10. The number of carbonyl (C=O) groups is 1. The molecule has 0 unspecified atom stereocenters. The number of benzene rings is 2. The van der Waals surface area contributed by atoms with Crippen LogP contribution in [-0.2, 0) is 0 Å². The van der Waals surface area contributed by atoms with E-state index in [0.717, 1.165) is 15.9 Å². The molecule has 0 aliphatic carbocycles. The van der Waals surface area contributed by atoms with Crippen molar-refractivity contribution in [1.29, 1.82) is 0 Å². The quantitative estimate of drug-likeness (QED) is 0.919. The third kappa shape index (κ3) is 2.93. The molecular weight excluding hydrogens is 322 g/mol. The number of carboxylic acid groups (broad SMARTS) is 1. The van der Waals surface area contributed by atoms with Gasteiger partial charge < -0.3 is 14.7 Å². The van der Waals surface area contributed by atoms with Crippen LogP contribution in [0.2, 0.25) is 0 Å². The fourth-order valence-electron chi connectivity index (χ4n) is 1.93. The van der Waals surface area contributed by atoms with Gasteiger partial charge in [0.15, 0.2) is 0 Å². The maximum Gasteiger partial charge on any atom is 0.337 e. The second-order valence-corrected chi connectivity index (χ2v) is 5.14. The van der Waals surface area contributed by atoms with E-state index in [1.165, 1.54) is 0 Å². The van der Waals surface area contributed by atoms with E-state index < -0.39 is 5.97 Å². The lowest BCUT2D eigenvalue weighted by Gasteiger charge is -2.22. The fraction of sp³-hybridized carbons (Fsp3) is 0.133. The average molecular weight is 336 g/mol. The molecule has 0 heterocycles. The summed E-state index contributed by atoms with van der Waals surface area (Å²) in [5.41, 5.74) is 1.72. The summed E-state index contributed by atoms with van der Waals surface area (Å²) in [5, 5.41) is 9.31. The van der Waals surface area contributed by atoms with E-state index in [-0.39, 0.29) is 5.56 Å². The van der Waals surface area contributed by atoms with Gasteiger partial charge in [0.25, 0.3) is 0 Å². The maximum absolute atomic E-state index is 11.4. The largest absolute Gasteiger partial charge is 0.497 e. The molecule has 0 saturated carbocycles. The second-order valence-electron chi connectivity index (χ2n) is 4.23. The Hall–Kier alpha value is -2.01. The number of hydrogen-bond donors (Lipinski definition) is 1. The minimum absolute atomic E-state index is 0.240. The van der Waals surface area contributed by atoms with Crippen LogP contribution < -0.4 is 9.64 Å². The zero-order valence-electron chi connectivity index (χ0n) is 11.1. The van der Waals surface area contributed by atoms with Crippen molar-refractivity contribution < 1.29 is 14.6 Å². The zero-order valence-corrected chi connectivity index (χ0v) is 12.7. The first kappa shape index (κ1) is 14.4. The molecule has 0 spiro atoms. The van der Waals surface area contributed by atoms with Gasteiger partial charge in [-0.05, 0) is 30.3 Å². The van der Waals surface area contributed by atoms with E-state index >= 15 is 0 Å². The highest BCUT2D eigenvalue weighted by Gasteiger charge is 2.15. The summed E-state index contributed by atoms with van der Waals surface area (Å²) < 4.78 is 5.92. The van der Waals surface area contributed by atoms with Gasteiger partial charge in [-0.15, -0.1) is 0 Å². The molecule has 0 aliphatic heterocycles. The summed E-state index contributed by atoms with van der Waals surface area (Å²) in [6.45, 7) is 0. The van der Waals surface area contributed by atoms with Crippen LogP contribution in [0.5, 0.6) is 5.75 Å². The molecule has 20 heavy (non-hydrogen) atoms. The number of ether oxygens (including phenoxy) is 1. The molecule has 0 amide bonds. The Bertz CT molecular complexity index is 643. The molecule has 2 aromatic rings. The minimum atomic E-state index is -0.962. The van der Waals surface area contributed by atoms with Gasteiger partial charge in [-0.2, -0.15) is 0 Å². The summed E-state index contributed by atoms with van der Waals surface area (Å²) >= 11 is 3.29. The predicted octanol–water partition coefficient (Wildman–Crippen LogP) is 3.92. The Kier molecular flexibility index (Phi) is 4.29. The smallest absolute Gasteiger partial charge is 0.337 e. The molecule has 0 saturated heterocycles.